The Kier molecular flexibility index (Phi) is 9.77. The van der Waals surface area contributed by atoms with Gasteiger partial charge in [-0.25, -0.2) is 4.99 Å². The molecule has 7 heteroatoms. The van der Waals surface area contributed by atoms with E-state index < -0.39 is 0 Å². The van der Waals surface area contributed by atoms with Crippen molar-refractivity contribution in [2.45, 2.75) is 50.2 Å². The van der Waals surface area contributed by atoms with E-state index in [1.807, 2.05) is 0 Å². The summed E-state index contributed by atoms with van der Waals surface area (Å²) in [6.07, 6.45) is 7.81. The van der Waals surface area contributed by atoms with Crippen molar-refractivity contribution in [1.82, 2.24) is 15.1 Å². The molecule has 0 aromatic carbocycles. The van der Waals surface area contributed by atoms with E-state index in [9.17, 15) is 4.79 Å². The van der Waals surface area contributed by atoms with Crippen LogP contribution in [0.25, 0.3) is 0 Å². The maximum Gasteiger partial charge on any atom is 0.243 e. The molecule has 0 atom stereocenters. The summed E-state index contributed by atoms with van der Waals surface area (Å²) < 4.78 is 0.413. The molecule has 1 saturated heterocycles. The Morgan fingerprint density at radius 2 is 2.00 bits per heavy atom. The number of aliphatic imine (C=N–C) groups is 1. The summed E-state index contributed by atoms with van der Waals surface area (Å²) in [4.78, 5) is 20.5. The van der Waals surface area contributed by atoms with Gasteiger partial charge in [0.25, 0.3) is 0 Å². The lowest BCUT2D eigenvalue weighted by Crippen LogP contribution is -2.53. The SMILES string of the molecule is CCCNC(=NCC(=O)N(C)C)N1CCSC2(CCCCC2)C1.I. The van der Waals surface area contributed by atoms with Crippen molar-refractivity contribution in [3.8, 4) is 0 Å². The molecule has 0 radical (unpaired) electrons. The van der Waals surface area contributed by atoms with Gasteiger partial charge in [0.1, 0.15) is 6.54 Å². The van der Waals surface area contributed by atoms with E-state index >= 15 is 0 Å². The monoisotopic (exact) mass is 468 g/mol. The van der Waals surface area contributed by atoms with E-state index in [0.717, 1.165) is 37.8 Å². The molecular formula is C17H33IN4OS. The number of hydrogen-bond acceptors (Lipinski definition) is 3. The molecule has 24 heavy (non-hydrogen) atoms. The summed E-state index contributed by atoms with van der Waals surface area (Å²) in [6, 6.07) is 0. The summed E-state index contributed by atoms with van der Waals surface area (Å²) in [5, 5.41) is 3.45. The van der Waals surface area contributed by atoms with Crippen LogP contribution in [0.1, 0.15) is 45.4 Å². The number of thioether (sulfide) groups is 1. The molecule has 1 spiro atoms. The maximum absolute atomic E-state index is 11.9. The summed E-state index contributed by atoms with van der Waals surface area (Å²) in [6.45, 7) is 5.40. The second-order valence-corrected chi connectivity index (χ2v) is 8.43. The molecule has 1 aliphatic carbocycles. The number of carbonyl (C=O) groups excluding carboxylic acids is 1. The van der Waals surface area contributed by atoms with E-state index in [4.69, 9.17) is 0 Å². The Bertz CT molecular complexity index is 419. The van der Waals surface area contributed by atoms with E-state index in [2.05, 4.69) is 33.9 Å². The molecule has 1 N–H and O–H groups in total. The van der Waals surface area contributed by atoms with E-state index in [1.165, 1.54) is 32.1 Å². The molecule has 140 valence electrons. The lowest BCUT2D eigenvalue weighted by Gasteiger charge is -2.45. The molecule has 0 unspecified atom stereocenters. The Morgan fingerprint density at radius 3 is 2.62 bits per heavy atom. The molecule has 1 heterocycles. The van der Waals surface area contributed by atoms with E-state index in [0.29, 0.717) is 4.75 Å². The second kappa shape index (κ2) is 10.7. The molecule has 2 fully saturated rings. The maximum atomic E-state index is 11.9. The average molecular weight is 468 g/mol. The van der Waals surface area contributed by atoms with Gasteiger partial charge < -0.3 is 15.1 Å². The van der Waals surface area contributed by atoms with Gasteiger partial charge in [-0.3, -0.25) is 4.79 Å². The van der Waals surface area contributed by atoms with Crippen molar-refractivity contribution in [3.05, 3.63) is 0 Å². The Morgan fingerprint density at radius 1 is 1.29 bits per heavy atom. The largest absolute Gasteiger partial charge is 0.356 e. The quantitative estimate of drug-likeness (QED) is 0.392. The van der Waals surface area contributed by atoms with Crippen LogP contribution in [0.5, 0.6) is 0 Å². The van der Waals surface area contributed by atoms with Gasteiger partial charge in [0.2, 0.25) is 5.91 Å². The van der Waals surface area contributed by atoms with Crippen molar-refractivity contribution >= 4 is 47.6 Å². The fourth-order valence-electron chi connectivity index (χ4n) is 3.31. The van der Waals surface area contributed by atoms with E-state index in [-0.39, 0.29) is 36.4 Å². The van der Waals surface area contributed by atoms with Crippen LogP contribution < -0.4 is 5.32 Å². The van der Waals surface area contributed by atoms with Crippen LogP contribution in [-0.2, 0) is 4.79 Å². The van der Waals surface area contributed by atoms with Gasteiger partial charge in [-0.15, -0.1) is 24.0 Å². The summed E-state index contributed by atoms with van der Waals surface area (Å²) >= 11 is 2.16. The first-order valence-corrected chi connectivity index (χ1v) is 9.92. The normalized spacial score (nSPS) is 20.5. The van der Waals surface area contributed by atoms with Crippen LogP contribution in [0.3, 0.4) is 0 Å². The number of amides is 1. The van der Waals surface area contributed by atoms with Gasteiger partial charge >= 0.3 is 0 Å². The van der Waals surface area contributed by atoms with Crippen LogP contribution in [0.4, 0.5) is 0 Å². The highest BCUT2D eigenvalue weighted by Gasteiger charge is 2.38. The van der Waals surface area contributed by atoms with Crippen molar-refractivity contribution in [3.63, 3.8) is 0 Å². The van der Waals surface area contributed by atoms with Gasteiger partial charge in [0, 0.05) is 44.2 Å². The highest BCUT2D eigenvalue weighted by molar-refractivity contribution is 14.0. The molecule has 2 rings (SSSR count). The zero-order valence-electron chi connectivity index (χ0n) is 15.3. The van der Waals surface area contributed by atoms with Gasteiger partial charge in [-0.1, -0.05) is 26.2 Å². The number of guanidine groups is 1. The lowest BCUT2D eigenvalue weighted by atomic mass is 9.87. The third kappa shape index (κ3) is 6.28. The number of hydrogen-bond donors (Lipinski definition) is 1. The standard InChI is InChI=1S/C17H32N4OS.HI/c1-4-10-18-16(19-13-15(22)20(2)3)21-11-12-23-17(14-21)8-6-5-7-9-17;/h4-14H2,1-3H3,(H,18,19);1H. The Balaban J connectivity index is 0.00000288. The van der Waals surface area contributed by atoms with Gasteiger partial charge in [-0.2, -0.15) is 11.8 Å². The van der Waals surface area contributed by atoms with Crippen LogP contribution >= 0.6 is 35.7 Å². The Hall–Kier alpha value is -0.180. The number of likely N-dealkylation sites (N-methyl/N-ethyl adjacent to an activating group) is 1. The topological polar surface area (TPSA) is 47.9 Å². The van der Waals surface area contributed by atoms with Crippen LogP contribution in [0.2, 0.25) is 0 Å². The average Bonchev–Trinajstić information content (AvgIpc) is 2.55. The van der Waals surface area contributed by atoms with Crippen molar-refractivity contribution in [2.75, 3.05) is 46.0 Å². The summed E-state index contributed by atoms with van der Waals surface area (Å²) in [5.41, 5.74) is 0. The highest BCUT2D eigenvalue weighted by Crippen LogP contribution is 2.42. The predicted molar refractivity (Wildman–Crippen MR) is 115 cm³/mol. The minimum Gasteiger partial charge on any atom is -0.356 e. The van der Waals surface area contributed by atoms with Crippen molar-refractivity contribution < 1.29 is 4.79 Å². The zero-order valence-corrected chi connectivity index (χ0v) is 18.5. The number of halogens is 1. The van der Waals surface area contributed by atoms with Gasteiger partial charge in [0.05, 0.1) is 0 Å². The molecule has 1 amide bonds. The number of rotatable bonds is 4. The molecule has 0 aromatic rings. The third-order valence-electron chi connectivity index (χ3n) is 4.71. The van der Waals surface area contributed by atoms with Crippen LogP contribution in [0, 0.1) is 0 Å². The smallest absolute Gasteiger partial charge is 0.243 e. The van der Waals surface area contributed by atoms with Crippen molar-refractivity contribution in [2.24, 2.45) is 4.99 Å². The molecule has 1 aliphatic heterocycles. The van der Waals surface area contributed by atoms with Gasteiger partial charge in [-0.05, 0) is 19.3 Å². The molecule has 2 aliphatic rings. The lowest BCUT2D eigenvalue weighted by molar-refractivity contribution is -0.127. The highest BCUT2D eigenvalue weighted by atomic mass is 127. The van der Waals surface area contributed by atoms with Crippen LogP contribution in [-0.4, -0.2) is 72.4 Å². The molecule has 5 nitrogen and oxygen atoms in total. The fraction of sp³-hybridized carbons (Fsp3) is 0.882. The minimum atomic E-state index is 0. The number of carbonyl (C=O) groups is 1. The zero-order chi connectivity index (χ0) is 16.7. The fourth-order valence-corrected chi connectivity index (χ4v) is 4.88. The first-order chi connectivity index (χ1) is 11.1. The second-order valence-electron chi connectivity index (χ2n) is 6.87. The molecular weight excluding hydrogens is 435 g/mol. The first kappa shape index (κ1) is 21.9. The number of nitrogens with one attached hydrogen (secondary N) is 1. The molecule has 0 bridgehead atoms. The van der Waals surface area contributed by atoms with E-state index in [1.54, 1.807) is 19.0 Å². The molecule has 1 saturated carbocycles. The Labute approximate surface area is 168 Å². The minimum absolute atomic E-state index is 0. The molecule has 0 aromatic heterocycles. The van der Waals surface area contributed by atoms with Crippen molar-refractivity contribution in [1.29, 1.82) is 0 Å². The summed E-state index contributed by atoms with van der Waals surface area (Å²) in [5.74, 6) is 2.14. The summed E-state index contributed by atoms with van der Waals surface area (Å²) in [7, 11) is 3.57. The predicted octanol–water partition coefficient (Wildman–Crippen LogP) is 2.80. The van der Waals surface area contributed by atoms with Gasteiger partial charge in [0.15, 0.2) is 5.96 Å². The first-order valence-electron chi connectivity index (χ1n) is 8.94. The van der Waals surface area contributed by atoms with Crippen LogP contribution in [0.15, 0.2) is 4.99 Å². The number of nitrogens with zero attached hydrogens (tertiary/aromatic N) is 3. The third-order valence-corrected chi connectivity index (χ3v) is 6.25.